The van der Waals surface area contributed by atoms with E-state index in [0.717, 1.165) is 11.2 Å². The lowest BCUT2D eigenvalue weighted by Gasteiger charge is -2.32. The van der Waals surface area contributed by atoms with Crippen molar-refractivity contribution in [2.75, 3.05) is 0 Å². The molecule has 0 atom stereocenters. The summed E-state index contributed by atoms with van der Waals surface area (Å²) in [6.07, 6.45) is 1.88. The van der Waals surface area contributed by atoms with Gasteiger partial charge in [0.25, 0.3) is 0 Å². The zero-order chi connectivity index (χ0) is 16.7. The summed E-state index contributed by atoms with van der Waals surface area (Å²) in [5.74, 6) is 0. The van der Waals surface area contributed by atoms with E-state index in [1.165, 1.54) is 0 Å². The van der Waals surface area contributed by atoms with Crippen molar-refractivity contribution in [3.63, 3.8) is 0 Å². The van der Waals surface area contributed by atoms with Gasteiger partial charge in [0.15, 0.2) is 0 Å². The minimum Gasteiger partial charge on any atom is -0.398 e. The Morgan fingerprint density at radius 2 is 1.78 bits per heavy atom. The van der Waals surface area contributed by atoms with E-state index in [9.17, 15) is 0 Å². The van der Waals surface area contributed by atoms with Gasteiger partial charge >= 0.3 is 7.12 Å². The molecule has 1 fully saturated rings. The van der Waals surface area contributed by atoms with E-state index in [4.69, 9.17) is 14.6 Å². The molecular weight excluding hydrogens is 289 g/mol. The molecule has 1 aromatic carbocycles. The van der Waals surface area contributed by atoms with Crippen LogP contribution in [0.5, 0.6) is 0 Å². The minimum absolute atomic E-state index is 0.380. The second-order valence-corrected chi connectivity index (χ2v) is 6.80. The molecule has 0 amide bonds. The SMILES string of the molecule is CC1(C)OB(c2ccn(Cc3ccccc3C#N)n2)OC1(C)C. The van der Waals surface area contributed by atoms with Gasteiger partial charge in [0.05, 0.1) is 35.0 Å². The predicted octanol–water partition coefficient (Wildman–Crippen LogP) is 2.10. The molecule has 0 unspecified atom stereocenters. The normalized spacial score (nSPS) is 18.8. The summed E-state index contributed by atoms with van der Waals surface area (Å²) in [6, 6.07) is 11.6. The van der Waals surface area contributed by atoms with Crippen molar-refractivity contribution in [1.29, 1.82) is 5.26 Å². The van der Waals surface area contributed by atoms with E-state index in [0.29, 0.717) is 12.1 Å². The van der Waals surface area contributed by atoms with Gasteiger partial charge < -0.3 is 9.31 Å². The fourth-order valence-corrected chi connectivity index (χ4v) is 2.50. The molecule has 0 aliphatic carbocycles. The van der Waals surface area contributed by atoms with Crippen LogP contribution in [-0.2, 0) is 15.9 Å². The first kappa shape index (κ1) is 15.8. The van der Waals surface area contributed by atoms with E-state index < -0.39 is 7.12 Å². The fraction of sp³-hybridized carbons (Fsp3) is 0.412. The predicted molar refractivity (Wildman–Crippen MR) is 88.2 cm³/mol. The van der Waals surface area contributed by atoms with Crippen LogP contribution < -0.4 is 5.59 Å². The fourth-order valence-electron chi connectivity index (χ4n) is 2.50. The van der Waals surface area contributed by atoms with Crippen LogP contribution in [0.2, 0.25) is 0 Å². The van der Waals surface area contributed by atoms with Crippen LogP contribution in [0, 0.1) is 11.3 Å². The Bertz CT molecular complexity index is 745. The summed E-state index contributed by atoms with van der Waals surface area (Å²) in [4.78, 5) is 0. The van der Waals surface area contributed by atoms with Gasteiger partial charge in [-0.15, -0.1) is 0 Å². The van der Waals surface area contributed by atoms with Crippen LogP contribution in [-0.4, -0.2) is 28.1 Å². The lowest BCUT2D eigenvalue weighted by molar-refractivity contribution is 0.00578. The quantitative estimate of drug-likeness (QED) is 0.815. The molecule has 2 heterocycles. The Morgan fingerprint density at radius 1 is 1.13 bits per heavy atom. The first-order chi connectivity index (χ1) is 10.8. The Balaban J connectivity index is 1.79. The van der Waals surface area contributed by atoms with E-state index in [1.807, 2.05) is 64.2 Å². The third kappa shape index (κ3) is 2.90. The average molecular weight is 309 g/mol. The number of benzene rings is 1. The topological polar surface area (TPSA) is 60.1 Å². The largest absolute Gasteiger partial charge is 0.516 e. The molecule has 23 heavy (non-hydrogen) atoms. The van der Waals surface area contributed by atoms with Gasteiger partial charge in [0.1, 0.15) is 0 Å². The van der Waals surface area contributed by atoms with Crippen LogP contribution >= 0.6 is 0 Å². The van der Waals surface area contributed by atoms with Gasteiger partial charge in [0.2, 0.25) is 0 Å². The van der Waals surface area contributed by atoms with Crippen LogP contribution in [0.4, 0.5) is 0 Å². The van der Waals surface area contributed by atoms with Gasteiger partial charge in [-0.2, -0.15) is 10.4 Å². The maximum atomic E-state index is 9.17. The first-order valence-corrected chi connectivity index (χ1v) is 7.69. The van der Waals surface area contributed by atoms with Gasteiger partial charge in [-0.1, -0.05) is 18.2 Å². The molecule has 0 N–H and O–H groups in total. The highest BCUT2D eigenvalue weighted by Gasteiger charge is 2.52. The summed E-state index contributed by atoms with van der Waals surface area (Å²) in [7, 11) is -0.465. The zero-order valence-corrected chi connectivity index (χ0v) is 13.9. The zero-order valence-electron chi connectivity index (χ0n) is 13.9. The van der Waals surface area contributed by atoms with Crippen molar-refractivity contribution < 1.29 is 9.31 Å². The molecule has 0 spiro atoms. The van der Waals surface area contributed by atoms with Crippen molar-refractivity contribution in [3.8, 4) is 6.07 Å². The number of nitrogens with zero attached hydrogens (tertiary/aromatic N) is 3. The van der Waals surface area contributed by atoms with Crippen molar-refractivity contribution in [2.24, 2.45) is 0 Å². The lowest BCUT2D eigenvalue weighted by atomic mass is 9.85. The molecule has 0 saturated carbocycles. The molecule has 3 rings (SSSR count). The van der Waals surface area contributed by atoms with Crippen molar-refractivity contribution in [1.82, 2.24) is 9.78 Å². The van der Waals surface area contributed by atoms with Gasteiger partial charge in [-0.3, -0.25) is 4.68 Å². The maximum absolute atomic E-state index is 9.17. The average Bonchev–Trinajstić information content (AvgIpc) is 3.02. The number of hydrogen-bond donors (Lipinski definition) is 0. The molecule has 1 aliphatic rings. The molecule has 1 aromatic heterocycles. The van der Waals surface area contributed by atoms with Crippen molar-refractivity contribution >= 4 is 12.7 Å². The summed E-state index contributed by atoms with van der Waals surface area (Å²) in [5.41, 5.74) is 1.60. The molecule has 118 valence electrons. The molecule has 1 saturated heterocycles. The second-order valence-electron chi connectivity index (χ2n) is 6.80. The van der Waals surface area contributed by atoms with E-state index in [1.54, 1.807) is 4.68 Å². The van der Waals surface area contributed by atoms with Crippen LogP contribution in [0.1, 0.15) is 38.8 Å². The summed E-state index contributed by atoms with van der Waals surface area (Å²) < 4.78 is 13.8. The molecule has 0 radical (unpaired) electrons. The van der Waals surface area contributed by atoms with Crippen LogP contribution in [0.15, 0.2) is 36.5 Å². The molecule has 0 bridgehead atoms. The Kier molecular flexibility index (Phi) is 3.79. The monoisotopic (exact) mass is 309 g/mol. The summed E-state index contributed by atoms with van der Waals surface area (Å²) in [6.45, 7) is 8.63. The molecule has 1 aliphatic heterocycles. The van der Waals surface area contributed by atoms with E-state index in [2.05, 4.69) is 11.2 Å². The van der Waals surface area contributed by atoms with Crippen LogP contribution in [0.3, 0.4) is 0 Å². The lowest BCUT2D eigenvalue weighted by Crippen LogP contribution is -2.41. The Morgan fingerprint density at radius 3 is 2.43 bits per heavy atom. The first-order valence-electron chi connectivity index (χ1n) is 7.69. The van der Waals surface area contributed by atoms with Gasteiger partial charge in [-0.05, 0) is 45.4 Å². The minimum atomic E-state index is -0.465. The second kappa shape index (κ2) is 5.52. The number of nitriles is 1. The highest BCUT2D eigenvalue weighted by molar-refractivity contribution is 6.61. The highest BCUT2D eigenvalue weighted by Crippen LogP contribution is 2.36. The Labute approximate surface area is 137 Å². The van der Waals surface area contributed by atoms with Crippen molar-refractivity contribution in [3.05, 3.63) is 47.7 Å². The summed E-state index contributed by atoms with van der Waals surface area (Å²) >= 11 is 0. The smallest absolute Gasteiger partial charge is 0.398 e. The van der Waals surface area contributed by atoms with E-state index >= 15 is 0 Å². The molecular formula is C17H20BN3O2. The van der Waals surface area contributed by atoms with Gasteiger partial charge in [0, 0.05) is 6.20 Å². The highest BCUT2D eigenvalue weighted by atomic mass is 16.7. The van der Waals surface area contributed by atoms with Gasteiger partial charge in [-0.25, -0.2) is 0 Å². The van der Waals surface area contributed by atoms with Crippen LogP contribution in [0.25, 0.3) is 0 Å². The Hall–Kier alpha value is -2.10. The molecule has 2 aromatic rings. The number of rotatable bonds is 3. The number of aromatic nitrogens is 2. The molecule has 5 nitrogen and oxygen atoms in total. The maximum Gasteiger partial charge on any atom is 0.516 e. The van der Waals surface area contributed by atoms with Crippen molar-refractivity contribution in [2.45, 2.75) is 45.4 Å². The number of hydrogen-bond acceptors (Lipinski definition) is 4. The third-order valence-corrected chi connectivity index (χ3v) is 4.63. The standard InChI is InChI=1S/C17H20BN3O2/c1-16(2)17(3,4)23-18(22-16)15-9-10-21(20-15)12-14-8-6-5-7-13(14)11-19/h5-10H,12H2,1-4H3. The van der Waals surface area contributed by atoms with E-state index in [-0.39, 0.29) is 11.2 Å². The third-order valence-electron chi connectivity index (χ3n) is 4.63. The summed E-state index contributed by atoms with van der Waals surface area (Å²) in [5, 5.41) is 13.7. The molecule has 6 heteroatoms.